The van der Waals surface area contributed by atoms with Crippen LogP contribution in [0.2, 0.25) is 0 Å². The lowest BCUT2D eigenvalue weighted by atomic mass is 9.94. The van der Waals surface area contributed by atoms with Crippen LogP contribution < -0.4 is 0 Å². The Balaban J connectivity index is 1.90. The highest BCUT2D eigenvalue weighted by molar-refractivity contribution is 7.92. The van der Waals surface area contributed by atoms with Crippen molar-refractivity contribution in [1.29, 1.82) is 0 Å². The number of benzene rings is 1. The highest BCUT2D eigenvalue weighted by atomic mass is 32.2. The Hall–Kier alpha value is -2.14. The number of halogens is 6. The smallest absolute Gasteiger partial charge is 0.372 e. The molecule has 4 nitrogen and oxygen atoms in total. The number of alkyl halides is 6. The zero-order valence-corrected chi connectivity index (χ0v) is 16.4. The van der Waals surface area contributed by atoms with Gasteiger partial charge in [0.25, 0.3) is 0 Å². The van der Waals surface area contributed by atoms with Crippen molar-refractivity contribution in [2.45, 2.75) is 47.9 Å². The van der Waals surface area contributed by atoms with Crippen molar-refractivity contribution in [3.8, 4) is 0 Å². The van der Waals surface area contributed by atoms with Crippen LogP contribution in [0.3, 0.4) is 0 Å². The minimum absolute atomic E-state index is 0.0166. The lowest BCUT2D eigenvalue weighted by molar-refractivity contribution is -0.138. The van der Waals surface area contributed by atoms with Crippen molar-refractivity contribution in [3.05, 3.63) is 59.4 Å². The fourth-order valence-electron chi connectivity index (χ4n) is 3.29. The van der Waals surface area contributed by atoms with E-state index in [1.807, 2.05) is 0 Å². The molecule has 1 fully saturated rings. The average Bonchev–Trinajstić information content (AvgIpc) is 2.67. The molecule has 0 spiro atoms. The van der Waals surface area contributed by atoms with E-state index in [-0.39, 0.29) is 25.1 Å². The van der Waals surface area contributed by atoms with Crippen molar-refractivity contribution in [2.24, 2.45) is 0 Å². The first-order valence-electron chi connectivity index (χ1n) is 8.81. The average molecular weight is 453 g/mol. The maximum Gasteiger partial charge on any atom is 0.417 e. The summed E-state index contributed by atoms with van der Waals surface area (Å²) in [4.78, 5) is 3.28. The van der Waals surface area contributed by atoms with Crippen molar-refractivity contribution < 1.29 is 39.5 Å². The number of nitrogens with zero attached hydrogens (tertiary/aromatic N) is 1. The van der Waals surface area contributed by atoms with Crippen molar-refractivity contribution in [2.75, 3.05) is 6.61 Å². The van der Waals surface area contributed by atoms with E-state index in [1.165, 1.54) is 6.92 Å². The first kappa shape index (κ1) is 22.5. The molecule has 2 unspecified atom stereocenters. The number of pyridine rings is 1. The van der Waals surface area contributed by atoms with Gasteiger partial charge in [0, 0.05) is 12.8 Å². The lowest BCUT2D eigenvalue weighted by Gasteiger charge is -2.37. The van der Waals surface area contributed by atoms with Gasteiger partial charge >= 0.3 is 12.4 Å². The van der Waals surface area contributed by atoms with Crippen LogP contribution in [0.25, 0.3) is 0 Å². The molecular formula is C19H17F6NO3S. The Morgan fingerprint density at radius 3 is 2.27 bits per heavy atom. The predicted octanol–water partition coefficient (Wildman–Crippen LogP) is 5.20. The minimum Gasteiger partial charge on any atom is -0.372 e. The van der Waals surface area contributed by atoms with Crippen LogP contribution in [-0.2, 0) is 26.9 Å². The molecule has 2 heterocycles. The molecule has 0 amide bonds. The van der Waals surface area contributed by atoms with Gasteiger partial charge in [-0.15, -0.1) is 0 Å². The zero-order chi connectivity index (χ0) is 22.4. The topological polar surface area (TPSA) is 56.3 Å². The summed E-state index contributed by atoms with van der Waals surface area (Å²) in [6.45, 7) is 1.35. The molecule has 1 aliphatic rings. The van der Waals surface area contributed by atoms with E-state index in [9.17, 15) is 34.8 Å². The number of aromatic nitrogens is 1. The standard InChI is InChI=1S/C19H17F6NO3S/c1-17(30(27,28)14-4-2-3-12(9-14)18(20,21)22)7-8-29-16(10-17)15-6-5-13(11-26-15)19(23,24)25/h2-6,9,11,16H,7-8,10H2,1H3. The van der Waals surface area contributed by atoms with Gasteiger partial charge in [0.15, 0.2) is 9.84 Å². The summed E-state index contributed by atoms with van der Waals surface area (Å²) in [5.74, 6) is 0. The summed E-state index contributed by atoms with van der Waals surface area (Å²) < 4.78 is 107. The quantitative estimate of drug-likeness (QED) is 0.600. The fourth-order valence-corrected chi connectivity index (χ4v) is 5.12. The number of hydrogen-bond acceptors (Lipinski definition) is 4. The van der Waals surface area contributed by atoms with Crippen LogP contribution >= 0.6 is 0 Å². The van der Waals surface area contributed by atoms with Gasteiger partial charge < -0.3 is 4.74 Å². The molecular weight excluding hydrogens is 436 g/mol. The van der Waals surface area contributed by atoms with Crippen LogP contribution in [0, 0.1) is 0 Å². The summed E-state index contributed by atoms with van der Waals surface area (Å²) in [5.41, 5.74) is -1.92. The van der Waals surface area contributed by atoms with Crippen molar-refractivity contribution >= 4 is 9.84 Å². The number of rotatable bonds is 3. The molecule has 2 aromatic rings. The summed E-state index contributed by atoms with van der Waals surface area (Å²) in [6.07, 6.45) is -9.69. The van der Waals surface area contributed by atoms with E-state index in [2.05, 4.69) is 4.98 Å². The van der Waals surface area contributed by atoms with Gasteiger partial charge in [-0.25, -0.2) is 8.42 Å². The second-order valence-electron chi connectivity index (χ2n) is 7.26. The molecule has 1 aliphatic heterocycles. The second-order valence-corrected chi connectivity index (χ2v) is 9.73. The fraction of sp³-hybridized carbons (Fsp3) is 0.421. The molecule has 164 valence electrons. The number of sulfone groups is 1. The van der Waals surface area contributed by atoms with Crippen LogP contribution in [0.15, 0.2) is 47.5 Å². The van der Waals surface area contributed by atoms with E-state index >= 15 is 0 Å². The summed E-state index contributed by atoms with van der Waals surface area (Å²) >= 11 is 0. The lowest BCUT2D eigenvalue weighted by Crippen LogP contribution is -2.42. The molecule has 0 N–H and O–H groups in total. The number of hydrogen-bond donors (Lipinski definition) is 0. The van der Waals surface area contributed by atoms with Gasteiger partial charge in [-0.3, -0.25) is 4.98 Å². The van der Waals surface area contributed by atoms with E-state index in [0.29, 0.717) is 12.3 Å². The summed E-state index contributed by atoms with van der Waals surface area (Å²) in [5, 5.41) is 0. The van der Waals surface area contributed by atoms with Gasteiger partial charge in [-0.1, -0.05) is 6.07 Å². The van der Waals surface area contributed by atoms with Crippen LogP contribution in [0.1, 0.15) is 42.7 Å². The van der Waals surface area contributed by atoms with Gasteiger partial charge in [0.1, 0.15) is 6.10 Å². The van der Waals surface area contributed by atoms with Crippen LogP contribution in [0.4, 0.5) is 26.3 Å². The molecule has 30 heavy (non-hydrogen) atoms. The summed E-state index contributed by atoms with van der Waals surface area (Å²) in [7, 11) is -4.20. The maximum absolute atomic E-state index is 13.2. The van der Waals surface area contributed by atoms with E-state index < -0.39 is 49.1 Å². The third-order valence-electron chi connectivity index (χ3n) is 5.13. The molecule has 2 atom stereocenters. The largest absolute Gasteiger partial charge is 0.417 e. The van der Waals surface area contributed by atoms with Gasteiger partial charge in [0.2, 0.25) is 0 Å². The molecule has 0 radical (unpaired) electrons. The first-order chi connectivity index (χ1) is 13.7. The monoisotopic (exact) mass is 453 g/mol. The van der Waals surface area contributed by atoms with Crippen LogP contribution in [0.5, 0.6) is 0 Å². The Labute approximate surface area is 168 Å². The Morgan fingerprint density at radius 1 is 1.03 bits per heavy atom. The Bertz CT molecular complexity index is 1020. The highest BCUT2D eigenvalue weighted by Crippen LogP contribution is 2.42. The minimum atomic E-state index is -4.70. The third-order valence-corrected chi connectivity index (χ3v) is 7.67. The molecule has 3 rings (SSSR count). The number of ether oxygens (including phenoxy) is 1. The Morgan fingerprint density at radius 2 is 1.70 bits per heavy atom. The molecule has 1 saturated heterocycles. The molecule has 1 aromatic heterocycles. The molecule has 1 aromatic carbocycles. The van der Waals surface area contributed by atoms with Gasteiger partial charge in [-0.05, 0) is 50.1 Å². The third kappa shape index (κ3) is 4.31. The Kier molecular flexibility index (Phi) is 5.65. The highest BCUT2D eigenvalue weighted by Gasteiger charge is 2.46. The molecule has 0 saturated carbocycles. The molecule has 0 bridgehead atoms. The molecule has 0 aliphatic carbocycles. The van der Waals surface area contributed by atoms with Crippen molar-refractivity contribution in [3.63, 3.8) is 0 Å². The SMILES string of the molecule is CC1(S(=O)(=O)c2cccc(C(F)(F)F)c2)CCOC(c2ccc(C(F)(F)F)cn2)C1. The molecule has 11 heteroatoms. The van der Waals surface area contributed by atoms with E-state index in [4.69, 9.17) is 4.74 Å². The summed E-state index contributed by atoms with van der Waals surface area (Å²) in [6, 6.07) is 5.40. The van der Waals surface area contributed by atoms with Gasteiger partial charge in [-0.2, -0.15) is 26.3 Å². The van der Waals surface area contributed by atoms with E-state index in [1.54, 1.807) is 0 Å². The normalized spacial score (nSPS) is 23.4. The first-order valence-corrected chi connectivity index (χ1v) is 10.3. The predicted molar refractivity (Wildman–Crippen MR) is 94.2 cm³/mol. The van der Waals surface area contributed by atoms with E-state index in [0.717, 1.165) is 30.3 Å². The van der Waals surface area contributed by atoms with Gasteiger partial charge in [0.05, 0.1) is 26.5 Å². The van der Waals surface area contributed by atoms with Crippen LogP contribution in [-0.4, -0.2) is 24.8 Å². The maximum atomic E-state index is 13.2. The zero-order valence-electron chi connectivity index (χ0n) is 15.6. The van der Waals surface area contributed by atoms with Crippen molar-refractivity contribution in [1.82, 2.24) is 4.98 Å². The second kappa shape index (κ2) is 7.52.